The van der Waals surface area contributed by atoms with Crippen molar-refractivity contribution in [1.29, 1.82) is 0 Å². The molecule has 0 aliphatic carbocycles. The minimum absolute atomic E-state index is 0.686. The molecule has 1 N–H and O–H groups in total. The van der Waals surface area contributed by atoms with Crippen molar-refractivity contribution in [3.8, 4) is 0 Å². The van der Waals surface area contributed by atoms with Crippen molar-refractivity contribution in [3.05, 3.63) is 18.2 Å². The van der Waals surface area contributed by atoms with Crippen LogP contribution < -0.4 is 5.32 Å². The first-order chi connectivity index (χ1) is 6.22. The summed E-state index contributed by atoms with van der Waals surface area (Å²) < 4.78 is 2.16. The van der Waals surface area contributed by atoms with E-state index in [2.05, 4.69) is 34.9 Å². The summed E-state index contributed by atoms with van der Waals surface area (Å²) >= 11 is 0. The fourth-order valence-electron chi connectivity index (χ4n) is 1.31. The maximum atomic E-state index is 4.33. The average Bonchev–Trinajstić information content (AvgIpc) is 2.48. The highest BCUT2D eigenvalue weighted by Gasteiger charge is 1.99. The molecular formula is C10H19N3. The molecule has 3 heteroatoms. The Bertz CT molecular complexity index is 240. The summed E-state index contributed by atoms with van der Waals surface area (Å²) in [5.74, 6) is 0.686. The smallest absolute Gasteiger partial charge is 0.0949 e. The van der Waals surface area contributed by atoms with Crippen molar-refractivity contribution < 1.29 is 0 Å². The van der Waals surface area contributed by atoms with Gasteiger partial charge in [0.1, 0.15) is 0 Å². The maximum Gasteiger partial charge on any atom is 0.0949 e. The summed E-state index contributed by atoms with van der Waals surface area (Å²) in [6, 6.07) is 0. The molecule has 0 aliphatic heterocycles. The van der Waals surface area contributed by atoms with Gasteiger partial charge in [0, 0.05) is 25.7 Å². The molecule has 1 aromatic rings. The number of likely N-dealkylation sites (N-methyl/N-ethyl adjacent to an activating group) is 1. The Morgan fingerprint density at radius 3 is 2.92 bits per heavy atom. The standard InChI is InChI=1S/C10H19N3/c1-9(2)6-13-7-10(12-8-13)4-5-11-3/h7-9,11H,4-6H2,1-3H3. The minimum atomic E-state index is 0.686. The number of nitrogens with zero attached hydrogens (tertiary/aromatic N) is 2. The summed E-state index contributed by atoms with van der Waals surface area (Å²) in [4.78, 5) is 4.33. The van der Waals surface area contributed by atoms with Gasteiger partial charge in [0.25, 0.3) is 0 Å². The number of rotatable bonds is 5. The van der Waals surface area contributed by atoms with Crippen molar-refractivity contribution in [2.75, 3.05) is 13.6 Å². The summed E-state index contributed by atoms with van der Waals surface area (Å²) in [6.45, 7) is 6.49. The summed E-state index contributed by atoms with van der Waals surface area (Å²) in [6.07, 6.45) is 5.07. The second-order valence-electron chi connectivity index (χ2n) is 3.81. The van der Waals surface area contributed by atoms with Gasteiger partial charge in [-0.1, -0.05) is 13.8 Å². The molecule has 0 spiro atoms. The number of nitrogens with one attached hydrogen (secondary N) is 1. The van der Waals surface area contributed by atoms with Crippen LogP contribution in [-0.2, 0) is 13.0 Å². The average molecular weight is 181 g/mol. The predicted molar refractivity (Wildman–Crippen MR) is 54.7 cm³/mol. The molecule has 0 fully saturated rings. The Morgan fingerprint density at radius 2 is 2.31 bits per heavy atom. The van der Waals surface area contributed by atoms with Gasteiger partial charge >= 0.3 is 0 Å². The van der Waals surface area contributed by atoms with Gasteiger partial charge in [-0.15, -0.1) is 0 Å². The van der Waals surface area contributed by atoms with Crippen LogP contribution in [0, 0.1) is 5.92 Å². The van der Waals surface area contributed by atoms with E-state index in [-0.39, 0.29) is 0 Å². The molecule has 3 nitrogen and oxygen atoms in total. The zero-order valence-corrected chi connectivity index (χ0v) is 8.75. The van der Waals surface area contributed by atoms with Gasteiger partial charge in [0.15, 0.2) is 0 Å². The zero-order chi connectivity index (χ0) is 9.68. The Morgan fingerprint density at radius 1 is 1.54 bits per heavy atom. The predicted octanol–water partition coefficient (Wildman–Crippen LogP) is 1.30. The second kappa shape index (κ2) is 5.02. The third-order valence-electron chi connectivity index (χ3n) is 1.89. The zero-order valence-electron chi connectivity index (χ0n) is 8.75. The summed E-state index contributed by atoms with van der Waals surface area (Å²) in [5.41, 5.74) is 1.18. The Kier molecular flexibility index (Phi) is 3.96. The molecule has 0 unspecified atom stereocenters. The van der Waals surface area contributed by atoms with Crippen LogP contribution in [0.25, 0.3) is 0 Å². The third kappa shape index (κ3) is 3.59. The molecule has 0 saturated heterocycles. The van der Waals surface area contributed by atoms with Gasteiger partial charge in [-0.2, -0.15) is 0 Å². The lowest BCUT2D eigenvalue weighted by Crippen LogP contribution is -2.10. The van der Waals surface area contributed by atoms with Crippen LogP contribution in [0.15, 0.2) is 12.5 Å². The molecule has 0 atom stereocenters. The topological polar surface area (TPSA) is 29.9 Å². The van der Waals surface area contributed by atoms with Gasteiger partial charge in [0.05, 0.1) is 12.0 Å². The highest BCUT2D eigenvalue weighted by Crippen LogP contribution is 2.01. The van der Waals surface area contributed by atoms with Crippen molar-refractivity contribution in [1.82, 2.24) is 14.9 Å². The Hall–Kier alpha value is -0.830. The van der Waals surface area contributed by atoms with Gasteiger partial charge in [-0.25, -0.2) is 4.98 Å². The van der Waals surface area contributed by atoms with Gasteiger partial charge in [0.2, 0.25) is 0 Å². The van der Waals surface area contributed by atoms with E-state index in [1.165, 1.54) is 5.69 Å². The Labute approximate surface area is 80.2 Å². The van der Waals surface area contributed by atoms with Crippen molar-refractivity contribution in [2.24, 2.45) is 5.92 Å². The van der Waals surface area contributed by atoms with Crippen molar-refractivity contribution in [2.45, 2.75) is 26.8 Å². The molecular weight excluding hydrogens is 162 g/mol. The summed E-state index contributed by atoms with van der Waals surface area (Å²) in [7, 11) is 1.96. The maximum absolute atomic E-state index is 4.33. The molecule has 1 rings (SSSR count). The summed E-state index contributed by atoms with van der Waals surface area (Å²) in [5, 5.41) is 3.12. The fraction of sp³-hybridized carbons (Fsp3) is 0.700. The number of hydrogen-bond acceptors (Lipinski definition) is 2. The van der Waals surface area contributed by atoms with Gasteiger partial charge in [-0.05, 0) is 13.0 Å². The molecule has 1 aromatic heterocycles. The first kappa shape index (κ1) is 10.3. The number of aromatic nitrogens is 2. The molecule has 1 heterocycles. The molecule has 13 heavy (non-hydrogen) atoms. The first-order valence-electron chi connectivity index (χ1n) is 4.87. The normalized spacial score (nSPS) is 11.1. The quantitative estimate of drug-likeness (QED) is 0.742. The van der Waals surface area contributed by atoms with Gasteiger partial charge < -0.3 is 9.88 Å². The van der Waals surface area contributed by atoms with Crippen LogP contribution in [-0.4, -0.2) is 23.1 Å². The highest BCUT2D eigenvalue weighted by molar-refractivity contribution is 4.97. The molecule has 0 amide bonds. The lowest BCUT2D eigenvalue weighted by atomic mass is 10.2. The molecule has 0 saturated carbocycles. The fourth-order valence-corrected chi connectivity index (χ4v) is 1.31. The van der Waals surface area contributed by atoms with E-state index in [9.17, 15) is 0 Å². The Balaban J connectivity index is 2.44. The second-order valence-corrected chi connectivity index (χ2v) is 3.81. The van der Waals surface area contributed by atoms with E-state index in [1.807, 2.05) is 13.4 Å². The van der Waals surface area contributed by atoms with Crippen LogP contribution in [0.1, 0.15) is 19.5 Å². The van der Waals surface area contributed by atoms with E-state index in [0.29, 0.717) is 5.92 Å². The largest absolute Gasteiger partial charge is 0.337 e. The van der Waals surface area contributed by atoms with Crippen LogP contribution in [0.3, 0.4) is 0 Å². The number of imidazole rings is 1. The van der Waals surface area contributed by atoms with E-state index < -0.39 is 0 Å². The SMILES string of the molecule is CNCCc1cn(CC(C)C)cn1. The third-order valence-corrected chi connectivity index (χ3v) is 1.89. The van der Waals surface area contributed by atoms with E-state index in [1.54, 1.807) is 0 Å². The minimum Gasteiger partial charge on any atom is -0.337 e. The van der Waals surface area contributed by atoms with Crippen molar-refractivity contribution >= 4 is 0 Å². The molecule has 0 radical (unpaired) electrons. The van der Waals surface area contributed by atoms with Gasteiger partial charge in [-0.3, -0.25) is 0 Å². The first-order valence-corrected chi connectivity index (χ1v) is 4.87. The highest BCUT2D eigenvalue weighted by atomic mass is 15.0. The van der Waals surface area contributed by atoms with E-state index in [4.69, 9.17) is 0 Å². The van der Waals surface area contributed by atoms with Crippen molar-refractivity contribution in [3.63, 3.8) is 0 Å². The monoisotopic (exact) mass is 181 g/mol. The molecule has 0 aliphatic rings. The van der Waals surface area contributed by atoms with Crippen LogP contribution in [0.2, 0.25) is 0 Å². The lowest BCUT2D eigenvalue weighted by molar-refractivity contribution is 0.522. The van der Waals surface area contributed by atoms with E-state index in [0.717, 1.165) is 19.5 Å². The molecule has 74 valence electrons. The number of hydrogen-bond donors (Lipinski definition) is 1. The molecule has 0 aromatic carbocycles. The molecule has 0 bridgehead atoms. The van der Waals surface area contributed by atoms with Crippen LogP contribution in [0.5, 0.6) is 0 Å². The lowest BCUT2D eigenvalue weighted by Gasteiger charge is -2.03. The van der Waals surface area contributed by atoms with Crippen LogP contribution >= 0.6 is 0 Å². The van der Waals surface area contributed by atoms with Crippen LogP contribution in [0.4, 0.5) is 0 Å². The van der Waals surface area contributed by atoms with E-state index >= 15 is 0 Å².